The van der Waals surface area contributed by atoms with Crippen molar-refractivity contribution in [3.8, 4) is 5.75 Å². The van der Waals surface area contributed by atoms with Crippen molar-refractivity contribution >= 4 is 64.1 Å². The summed E-state index contributed by atoms with van der Waals surface area (Å²) < 4.78 is 10.8. The summed E-state index contributed by atoms with van der Waals surface area (Å²) in [6.07, 6.45) is 1.68. The van der Waals surface area contributed by atoms with Gasteiger partial charge in [0.1, 0.15) is 54.6 Å². The average Bonchev–Trinajstić information content (AvgIpc) is 4.06. The van der Waals surface area contributed by atoms with Gasteiger partial charge in [0.05, 0.1) is 32.5 Å². The minimum absolute atomic E-state index is 0.0267. The molecule has 1 unspecified atom stereocenters. The number of phenolic OH excluding ortho intramolecular Hbond substituents is 1. The fourth-order valence-electron chi connectivity index (χ4n) is 8.63. The van der Waals surface area contributed by atoms with Crippen LogP contribution in [0.15, 0.2) is 54.7 Å². The number of nitrogens with one attached hydrogen (secondary N) is 8. The van der Waals surface area contributed by atoms with Crippen LogP contribution in [-0.4, -0.2) is 178 Å². The van der Waals surface area contributed by atoms with Crippen LogP contribution in [0, 0.1) is 11.8 Å². The van der Waals surface area contributed by atoms with Crippen LogP contribution < -0.4 is 37.2 Å². The zero-order valence-electron chi connectivity index (χ0n) is 44.6. The predicted octanol–water partition coefficient (Wildman–Crippen LogP) is -0.332. The number of aliphatic hydroxyl groups excluding tert-OH is 2. The first-order valence-electron chi connectivity index (χ1n) is 26.0. The van der Waals surface area contributed by atoms with Crippen LogP contribution in [0.4, 0.5) is 0 Å². The summed E-state index contributed by atoms with van der Waals surface area (Å²) in [4.78, 5) is 125. The van der Waals surface area contributed by atoms with Gasteiger partial charge in [-0.1, -0.05) is 65.0 Å². The number of H-pyrrole nitrogens is 1. The molecule has 0 spiro atoms. The Bertz CT molecular complexity index is 2470. The van der Waals surface area contributed by atoms with Gasteiger partial charge >= 0.3 is 5.97 Å². The second kappa shape index (κ2) is 31.2. The lowest BCUT2D eigenvalue weighted by Crippen LogP contribution is -2.62. The number of nitrogens with zero attached hydrogens (tertiary/aromatic N) is 1. The molecule has 8 amide bonds. The molecule has 1 aliphatic heterocycles. The molecule has 77 heavy (non-hydrogen) atoms. The Labute approximate surface area is 447 Å². The van der Waals surface area contributed by atoms with Crippen LogP contribution in [0.5, 0.6) is 5.75 Å². The molecule has 12 N–H and O–H groups in total. The van der Waals surface area contributed by atoms with E-state index in [9.17, 15) is 63.6 Å². The molecule has 4 rings (SSSR count). The highest BCUT2D eigenvalue weighted by molar-refractivity contribution is 5.98. The maximum absolute atomic E-state index is 14.2. The number of aromatic hydroxyl groups is 1. The first-order chi connectivity index (χ1) is 36.6. The van der Waals surface area contributed by atoms with Gasteiger partial charge in [-0.3, -0.25) is 38.4 Å². The smallest absolute Gasteiger partial charge is 0.326 e. The highest BCUT2D eigenvalue weighted by Gasteiger charge is 2.41. The number of hydrogen-bond donors (Lipinski definition) is 12. The number of carbonyl (C=O) groups is 9. The fourth-order valence-corrected chi connectivity index (χ4v) is 8.63. The van der Waals surface area contributed by atoms with Crippen molar-refractivity contribution in [1.82, 2.24) is 47.1 Å². The third-order valence-electron chi connectivity index (χ3n) is 12.7. The monoisotopic (exact) mass is 1080 g/mol. The van der Waals surface area contributed by atoms with Crippen molar-refractivity contribution in [3.05, 3.63) is 65.9 Å². The molecule has 1 fully saturated rings. The van der Waals surface area contributed by atoms with Crippen molar-refractivity contribution < 1.29 is 73.1 Å². The zero-order chi connectivity index (χ0) is 56.8. The molecular formula is C53H77N9O15. The van der Waals surface area contributed by atoms with Crippen molar-refractivity contribution in [1.29, 1.82) is 0 Å². The Morgan fingerprint density at radius 3 is 2.03 bits per heavy atom. The van der Waals surface area contributed by atoms with Gasteiger partial charge in [0.25, 0.3) is 0 Å². The summed E-state index contributed by atoms with van der Waals surface area (Å²) in [5.74, 6) is -7.98. The maximum atomic E-state index is 14.2. The Kier molecular flexibility index (Phi) is 25.3. The topological polar surface area (TPSA) is 356 Å². The lowest BCUT2D eigenvalue weighted by atomic mass is 10.0. The molecule has 424 valence electrons. The van der Waals surface area contributed by atoms with Crippen LogP contribution in [0.3, 0.4) is 0 Å². The van der Waals surface area contributed by atoms with E-state index in [0.29, 0.717) is 30.5 Å². The van der Waals surface area contributed by atoms with Crippen molar-refractivity contribution in [3.63, 3.8) is 0 Å². The molecule has 1 aromatic heterocycles. The number of rotatable bonds is 32. The van der Waals surface area contributed by atoms with E-state index in [1.165, 1.54) is 31.2 Å². The highest BCUT2D eigenvalue weighted by atomic mass is 16.5. The number of amides is 8. The van der Waals surface area contributed by atoms with Crippen LogP contribution in [0.1, 0.15) is 84.8 Å². The predicted molar refractivity (Wildman–Crippen MR) is 280 cm³/mol. The number of fused-ring (bicyclic) bond motifs is 1. The Morgan fingerprint density at radius 1 is 0.727 bits per heavy atom. The largest absolute Gasteiger partial charge is 0.508 e. The molecular weight excluding hydrogens is 1000 g/mol. The van der Waals surface area contributed by atoms with E-state index in [2.05, 4.69) is 42.2 Å². The van der Waals surface area contributed by atoms with Gasteiger partial charge in [-0.05, 0) is 73.8 Å². The summed E-state index contributed by atoms with van der Waals surface area (Å²) in [5.41, 5.74) is 1.89. The van der Waals surface area contributed by atoms with E-state index in [4.69, 9.17) is 9.47 Å². The molecule has 2 aromatic carbocycles. The third kappa shape index (κ3) is 19.7. The van der Waals surface area contributed by atoms with Gasteiger partial charge in [0.2, 0.25) is 47.3 Å². The number of hydrogen-bond acceptors (Lipinski definition) is 14. The van der Waals surface area contributed by atoms with E-state index in [-0.39, 0.29) is 69.6 Å². The molecule has 3 aromatic rings. The lowest BCUT2D eigenvalue weighted by molar-refractivity contribution is -0.144. The first kappa shape index (κ1) is 62.4. The van der Waals surface area contributed by atoms with Gasteiger partial charge in [0, 0.05) is 49.5 Å². The van der Waals surface area contributed by atoms with Gasteiger partial charge in [0.15, 0.2) is 0 Å². The van der Waals surface area contributed by atoms with Crippen LogP contribution in [-0.2, 0) is 65.5 Å². The number of carboxylic acids is 1. The van der Waals surface area contributed by atoms with Gasteiger partial charge in [-0.15, -0.1) is 0 Å². The standard InChI is InChI=1S/C53H77N9O15/c1-7-11-43(66)54-19-21-76-22-23-77-29-44(67)56-38(24-30(2)3)48(69)61-46(32(6)64)51(72)60-45(31(4)5)50(71)59-41(28-63)52(73)62-20-10-14-42(62)49(70)57-39(26-34-27-55-37-13-9-8-12-36(34)37)47(68)58-40(53(74)75)25-33-15-17-35(65)18-16-33/h8-9,12-13,15-18,27,30-32,38-42,45-46,55,63-65H,7,10-11,14,19-26,28-29H2,1-6H3,(H,54,66)(H,56,67)(H,57,70)(H,58,68)(H,59,71)(H,60,72)(H,61,69)(H,74,75)/t32-,38+,39+,40+,41+,42+,45?,46+/m1/s1. The van der Waals surface area contributed by atoms with Crippen molar-refractivity contribution in [2.24, 2.45) is 11.8 Å². The number of ether oxygens (including phenoxy) is 2. The lowest BCUT2D eigenvalue weighted by Gasteiger charge is -2.31. The number of aromatic nitrogens is 1. The van der Waals surface area contributed by atoms with E-state index >= 15 is 0 Å². The summed E-state index contributed by atoms with van der Waals surface area (Å²) in [6.45, 7) is 9.39. The Morgan fingerprint density at radius 2 is 1.38 bits per heavy atom. The number of para-hydroxylation sites is 1. The van der Waals surface area contributed by atoms with Crippen molar-refractivity contribution in [2.75, 3.05) is 46.1 Å². The number of benzene rings is 2. The minimum atomic E-state index is -1.63. The molecule has 2 heterocycles. The normalized spacial score (nSPS) is 16.1. The van der Waals surface area contributed by atoms with E-state index < -0.39 is 115 Å². The number of aromatic amines is 1. The molecule has 0 saturated carbocycles. The molecule has 0 radical (unpaired) electrons. The molecule has 0 bridgehead atoms. The number of aliphatic hydroxyl groups is 2. The van der Waals surface area contributed by atoms with Gasteiger partial charge in [-0.2, -0.15) is 0 Å². The number of carboxylic acid groups (broad SMARTS) is 1. The highest BCUT2D eigenvalue weighted by Crippen LogP contribution is 2.22. The average molecular weight is 1080 g/mol. The SMILES string of the molecule is CCCC(=O)NCCOCCOCC(=O)N[C@@H](CC(C)C)C(=O)N[C@H](C(=O)NC(C(=O)N[C@@H](CO)C(=O)N1CCC[C@H]1C(=O)N[C@@H](Cc1c[nH]c2ccccc12)C(=O)N[C@@H](Cc1ccc(O)cc1)C(=O)O)C(C)C)[C@@H](C)O. The Hall–Kier alpha value is -7.15. The molecule has 1 saturated heterocycles. The summed E-state index contributed by atoms with van der Waals surface area (Å²) in [6, 6.07) is 3.28. The first-order valence-corrected chi connectivity index (χ1v) is 26.0. The fraction of sp³-hybridized carbons (Fsp3) is 0.566. The summed E-state index contributed by atoms with van der Waals surface area (Å²) in [7, 11) is 0. The number of carbonyl (C=O) groups excluding carboxylic acids is 8. The van der Waals surface area contributed by atoms with Gasteiger partial charge < -0.3 is 77.0 Å². The molecule has 1 aliphatic rings. The Balaban J connectivity index is 1.40. The number of aliphatic carboxylic acids is 1. The van der Waals surface area contributed by atoms with E-state index in [0.717, 1.165) is 22.2 Å². The molecule has 24 heteroatoms. The maximum Gasteiger partial charge on any atom is 0.326 e. The summed E-state index contributed by atoms with van der Waals surface area (Å²) >= 11 is 0. The van der Waals surface area contributed by atoms with E-state index in [1.807, 2.05) is 39.0 Å². The van der Waals surface area contributed by atoms with Gasteiger partial charge in [-0.25, -0.2) is 4.79 Å². The van der Waals surface area contributed by atoms with Crippen LogP contribution in [0.2, 0.25) is 0 Å². The van der Waals surface area contributed by atoms with Crippen LogP contribution >= 0.6 is 0 Å². The summed E-state index contributed by atoms with van der Waals surface area (Å²) in [5, 5.41) is 59.8. The van der Waals surface area contributed by atoms with E-state index in [1.54, 1.807) is 26.1 Å². The second-order valence-electron chi connectivity index (χ2n) is 19.8. The quantitative estimate of drug-likeness (QED) is 0.0356. The number of likely N-dealkylation sites (tertiary alicyclic amines) is 1. The van der Waals surface area contributed by atoms with Crippen LogP contribution in [0.25, 0.3) is 10.9 Å². The minimum Gasteiger partial charge on any atom is -0.508 e. The number of phenols is 1. The molecule has 24 nitrogen and oxygen atoms in total. The molecule has 0 aliphatic carbocycles. The third-order valence-corrected chi connectivity index (χ3v) is 12.7. The second-order valence-corrected chi connectivity index (χ2v) is 19.8. The van der Waals surface area contributed by atoms with Crippen molar-refractivity contribution in [2.45, 2.75) is 135 Å². The zero-order valence-corrected chi connectivity index (χ0v) is 44.6. The molecule has 8 atom stereocenters.